The number of nitrogens with two attached hydrogens (primary N) is 1. The SMILES string of the molecule is Cc1c(OC(F)F)cccc1C(N)C1=NCCN1. The molecule has 0 saturated carbocycles. The molecule has 0 aromatic heterocycles. The van der Waals surface area contributed by atoms with E-state index in [4.69, 9.17) is 5.73 Å². The first-order valence-electron chi connectivity index (χ1n) is 5.67. The van der Waals surface area contributed by atoms with Gasteiger partial charge in [0.1, 0.15) is 11.6 Å². The summed E-state index contributed by atoms with van der Waals surface area (Å²) in [6, 6.07) is 4.51. The minimum absolute atomic E-state index is 0.150. The first kappa shape index (κ1) is 12.8. The van der Waals surface area contributed by atoms with Gasteiger partial charge in [-0.2, -0.15) is 8.78 Å². The van der Waals surface area contributed by atoms with E-state index in [1.54, 1.807) is 19.1 Å². The molecule has 1 unspecified atom stereocenters. The highest BCUT2D eigenvalue weighted by Crippen LogP contribution is 2.27. The summed E-state index contributed by atoms with van der Waals surface area (Å²) in [4.78, 5) is 4.24. The smallest absolute Gasteiger partial charge is 0.387 e. The van der Waals surface area contributed by atoms with E-state index in [9.17, 15) is 8.78 Å². The van der Waals surface area contributed by atoms with Gasteiger partial charge in [-0.25, -0.2) is 0 Å². The standard InChI is InChI=1S/C12H15F2N3O/c1-7-8(10(15)11-16-5-6-17-11)3-2-4-9(7)18-12(13)14/h2-4,10,12H,5-6,15H2,1H3,(H,16,17). The molecule has 3 N–H and O–H groups in total. The molecule has 1 aliphatic rings. The molecule has 1 aliphatic heterocycles. The Morgan fingerprint density at radius 2 is 2.22 bits per heavy atom. The Labute approximate surface area is 104 Å². The van der Waals surface area contributed by atoms with Crippen molar-refractivity contribution in [2.75, 3.05) is 13.1 Å². The second-order valence-corrected chi connectivity index (χ2v) is 4.02. The fraction of sp³-hybridized carbons (Fsp3) is 0.417. The molecule has 1 aromatic rings. The van der Waals surface area contributed by atoms with Crippen LogP contribution in [0.5, 0.6) is 5.75 Å². The van der Waals surface area contributed by atoms with E-state index in [0.717, 1.165) is 12.1 Å². The lowest BCUT2D eigenvalue weighted by atomic mass is 10.0. The summed E-state index contributed by atoms with van der Waals surface area (Å²) in [7, 11) is 0. The van der Waals surface area contributed by atoms with Crippen molar-refractivity contribution in [2.24, 2.45) is 10.7 Å². The van der Waals surface area contributed by atoms with Crippen molar-refractivity contribution in [2.45, 2.75) is 19.6 Å². The summed E-state index contributed by atoms with van der Waals surface area (Å²) in [6.07, 6.45) is 0. The molecule has 2 rings (SSSR count). The summed E-state index contributed by atoms with van der Waals surface area (Å²) in [5, 5.41) is 3.08. The zero-order valence-corrected chi connectivity index (χ0v) is 9.99. The number of hydrogen-bond donors (Lipinski definition) is 2. The number of ether oxygens (including phenoxy) is 1. The molecule has 0 fully saturated rings. The van der Waals surface area contributed by atoms with Gasteiger partial charge in [0.2, 0.25) is 0 Å². The predicted octanol–water partition coefficient (Wildman–Crippen LogP) is 1.60. The van der Waals surface area contributed by atoms with E-state index in [0.29, 0.717) is 17.9 Å². The summed E-state index contributed by atoms with van der Waals surface area (Å²) in [6.45, 7) is 0.324. The lowest BCUT2D eigenvalue weighted by Gasteiger charge is -2.17. The maximum Gasteiger partial charge on any atom is 0.387 e. The molecule has 6 heteroatoms. The van der Waals surface area contributed by atoms with Gasteiger partial charge in [-0.05, 0) is 24.1 Å². The van der Waals surface area contributed by atoms with Gasteiger partial charge in [-0.15, -0.1) is 0 Å². The monoisotopic (exact) mass is 255 g/mol. The minimum atomic E-state index is -2.84. The second kappa shape index (κ2) is 5.30. The van der Waals surface area contributed by atoms with Crippen molar-refractivity contribution in [3.05, 3.63) is 29.3 Å². The van der Waals surface area contributed by atoms with Gasteiger partial charge in [0, 0.05) is 6.54 Å². The second-order valence-electron chi connectivity index (χ2n) is 4.02. The first-order valence-corrected chi connectivity index (χ1v) is 5.67. The van der Waals surface area contributed by atoms with Crippen LogP contribution in [0.1, 0.15) is 17.2 Å². The van der Waals surface area contributed by atoms with Gasteiger partial charge in [-0.1, -0.05) is 12.1 Å². The molecule has 0 bridgehead atoms. The average Bonchev–Trinajstić information content (AvgIpc) is 2.84. The number of rotatable bonds is 4. The van der Waals surface area contributed by atoms with Crippen LogP contribution < -0.4 is 15.8 Å². The van der Waals surface area contributed by atoms with Crippen LogP contribution in [0.4, 0.5) is 8.78 Å². The number of amidine groups is 1. The average molecular weight is 255 g/mol. The van der Waals surface area contributed by atoms with E-state index < -0.39 is 12.7 Å². The predicted molar refractivity (Wildman–Crippen MR) is 65.0 cm³/mol. The molecular weight excluding hydrogens is 240 g/mol. The number of hydrogen-bond acceptors (Lipinski definition) is 4. The summed E-state index contributed by atoms with van der Waals surface area (Å²) in [5.74, 6) is 0.837. The zero-order valence-electron chi connectivity index (χ0n) is 9.99. The maximum absolute atomic E-state index is 12.2. The van der Waals surface area contributed by atoms with Gasteiger partial charge in [0.25, 0.3) is 0 Å². The third-order valence-corrected chi connectivity index (χ3v) is 2.87. The van der Waals surface area contributed by atoms with Gasteiger partial charge in [-0.3, -0.25) is 4.99 Å². The summed E-state index contributed by atoms with van der Waals surface area (Å²) >= 11 is 0. The van der Waals surface area contributed by atoms with Crippen molar-refractivity contribution in [3.8, 4) is 5.75 Å². The molecule has 0 amide bonds. The van der Waals surface area contributed by atoms with E-state index in [2.05, 4.69) is 15.0 Å². The quantitative estimate of drug-likeness (QED) is 0.859. The number of aliphatic imine (C=N–C) groups is 1. The lowest BCUT2D eigenvalue weighted by molar-refractivity contribution is -0.0503. The molecule has 0 radical (unpaired) electrons. The van der Waals surface area contributed by atoms with Crippen LogP contribution in [0.15, 0.2) is 23.2 Å². The fourth-order valence-electron chi connectivity index (χ4n) is 1.96. The van der Waals surface area contributed by atoms with E-state index >= 15 is 0 Å². The van der Waals surface area contributed by atoms with Crippen LogP contribution in [-0.4, -0.2) is 25.5 Å². The third kappa shape index (κ3) is 2.59. The zero-order chi connectivity index (χ0) is 13.1. The molecule has 0 saturated heterocycles. The molecule has 1 atom stereocenters. The highest BCUT2D eigenvalue weighted by atomic mass is 19.3. The number of halogens is 2. The van der Waals surface area contributed by atoms with Crippen molar-refractivity contribution >= 4 is 5.84 Å². The van der Waals surface area contributed by atoms with Crippen molar-refractivity contribution < 1.29 is 13.5 Å². The van der Waals surface area contributed by atoms with Crippen LogP contribution in [0.2, 0.25) is 0 Å². The van der Waals surface area contributed by atoms with Gasteiger partial charge < -0.3 is 15.8 Å². The molecule has 1 heterocycles. The number of nitrogens with zero attached hydrogens (tertiary/aromatic N) is 1. The highest BCUT2D eigenvalue weighted by Gasteiger charge is 2.20. The molecule has 98 valence electrons. The number of benzene rings is 1. The fourth-order valence-corrected chi connectivity index (χ4v) is 1.96. The van der Waals surface area contributed by atoms with Crippen molar-refractivity contribution in [1.29, 1.82) is 0 Å². The molecule has 4 nitrogen and oxygen atoms in total. The Hall–Kier alpha value is -1.69. The first-order chi connectivity index (χ1) is 8.59. The summed E-state index contributed by atoms with van der Waals surface area (Å²) < 4.78 is 28.9. The van der Waals surface area contributed by atoms with Crippen LogP contribution in [-0.2, 0) is 0 Å². The number of nitrogens with one attached hydrogen (secondary N) is 1. The van der Waals surface area contributed by atoms with Crippen molar-refractivity contribution in [3.63, 3.8) is 0 Å². The van der Waals surface area contributed by atoms with Gasteiger partial charge in [0.15, 0.2) is 0 Å². The Balaban J connectivity index is 2.27. The van der Waals surface area contributed by atoms with Gasteiger partial charge >= 0.3 is 6.61 Å². The third-order valence-electron chi connectivity index (χ3n) is 2.87. The molecule has 0 aliphatic carbocycles. The van der Waals surface area contributed by atoms with Crippen LogP contribution in [0.3, 0.4) is 0 Å². The normalized spacial score (nSPS) is 16.4. The van der Waals surface area contributed by atoms with Crippen molar-refractivity contribution in [1.82, 2.24) is 5.32 Å². The van der Waals surface area contributed by atoms with Crippen LogP contribution >= 0.6 is 0 Å². The number of alkyl halides is 2. The van der Waals surface area contributed by atoms with Crippen LogP contribution in [0.25, 0.3) is 0 Å². The Morgan fingerprint density at radius 1 is 1.44 bits per heavy atom. The van der Waals surface area contributed by atoms with E-state index in [1.807, 2.05) is 0 Å². The highest BCUT2D eigenvalue weighted by molar-refractivity contribution is 5.90. The van der Waals surface area contributed by atoms with Crippen LogP contribution in [0, 0.1) is 6.92 Å². The Bertz CT molecular complexity index is 463. The summed E-state index contributed by atoms with van der Waals surface area (Å²) in [5.41, 5.74) is 7.41. The van der Waals surface area contributed by atoms with Gasteiger partial charge in [0.05, 0.1) is 12.6 Å². The van der Waals surface area contributed by atoms with E-state index in [-0.39, 0.29) is 5.75 Å². The lowest BCUT2D eigenvalue weighted by Crippen LogP contribution is -2.31. The topological polar surface area (TPSA) is 59.6 Å². The largest absolute Gasteiger partial charge is 0.435 e. The Morgan fingerprint density at radius 3 is 2.83 bits per heavy atom. The molecule has 18 heavy (non-hydrogen) atoms. The Kier molecular flexibility index (Phi) is 3.76. The minimum Gasteiger partial charge on any atom is -0.435 e. The maximum atomic E-state index is 12.2. The van der Waals surface area contributed by atoms with E-state index in [1.165, 1.54) is 6.07 Å². The molecule has 0 spiro atoms. The molecular formula is C12H15F2N3O. The molecule has 1 aromatic carbocycles.